The van der Waals surface area contributed by atoms with Gasteiger partial charge in [-0.15, -0.1) is 0 Å². The Morgan fingerprint density at radius 3 is 2.65 bits per heavy atom. The van der Waals surface area contributed by atoms with Crippen molar-refractivity contribution < 1.29 is 4.79 Å². The first-order chi connectivity index (χ1) is 15.1. The number of nitrogens with one attached hydrogen (secondary N) is 1. The molecule has 0 aliphatic carbocycles. The smallest absolute Gasteiger partial charge is 0.342 e. The van der Waals surface area contributed by atoms with E-state index in [0.717, 1.165) is 40.8 Å². The zero-order valence-electron chi connectivity index (χ0n) is 17.3. The number of rotatable bonds is 5. The highest BCUT2D eigenvalue weighted by Crippen LogP contribution is 2.25. The molecule has 1 aliphatic heterocycles. The number of benzene rings is 2. The standard InChI is InChI=1S/C24H23N5O2/c1-2-23(30)28-14-16(15-28)12-22-26-27-24(31)29(22)20-9-7-17(8-10-20)19-6-5-18-4-3-11-25-21(18)13-19/h3-11,13,16H,2,12,14-15H2,1H3,(H,27,31). The number of nitrogens with zero attached hydrogens (tertiary/aromatic N) is 4. The molecular weight excluding hydrogens is 390 g/mol. The number of hydrogen-bond donors (Lipinski definition) is 1. The van der Waals surface area contributed by atoms with Crippen molar-refractivity contribution in [3.8, 4) is 16.8 Å². The van der Waals surface area contributed by atoms with Crippen LogP contribution in [0.15, 0.2) is 65.6 Å². The summed E-state index contributed by atoms with van der Waals surface area (Å²) in [5.74, 6) is 1.20. The van der Waals surface area contributed by atoms with E-state index in [1.54, 1.807) is 10.8 Å². The summed E-state index contributed by atoms with van der Waals surface area (Å²) in [5, 5.41) is 7.91. The van der Waals surface area contributed by atoms with Crippen molar-refractivity contribution in [2.45, 2.75) is 19.8 Å². The maximum absolute atomic E-state index is 12.4. The van der Waals surface area contributed by atoms with Gasteiger partial charge in [0, 0.05) is 43.4 Å². The Kier molecular flexibility index (Phi) is 4.86. The van der Waals surface area contributed by atoms with Gasteiger partial charge in [-0.25, -0.2) is 14.5 Å². The number of fused-ring (bicyclic) bond motifs is 1. The van der Waals surface area contributed by atoms with Crippen molar-refractivity contribution >= 4 is 16.8 Å². The summed E-state index contributed by atoms with van der Waals surface area (Å²) in [6.45, 7) is 3.32. The van der Waals surface area contributed by atoms with Crippen molar-refractivity contribution in [3.63, 3.8) is 0 Å². The number of H-pyrrole nitrogens is 1. The predicted molar refractivity (Wildman–Crippen MR) is 119 cm³/mol. The van der Waals surface area contributed by atoms with E-state index in [2.05, 4.69) is 33.4 Å². The van der Waals surface area contributed by atoms with Gasteiger partial charge in [-0.3, -0.25) is 9.78 Å². The lowest BCUT2D eigenvalue weighted by atomic mass is 9.95. The number of carbonyl (C=O) groups excluding carboxylic acids is 1. The molecule has 3 heterocycles. The van der Waals surface area contributed by atoms with Crippen LogP contribution in [0.4, 0.5) is 0 Å². The van der Waals surface area contributed by atoms with Gasteiger partial charge in [0.2, 0.25) is 5.91 Å². The van der Waals surface area contributed by atoms with E-state index in [1.165, 1.54) is 0 Å². The maximum atomic E-state index is 12.4. The first-order valence-corrected chi connectivity index (χ1v) is 10.5. The average Bonchev–Trinajstić information content (AvgIpc) is 3.15. The van der Waals surface area contributed by atoms with E-state index in [9.17, 15) is 9.59 Å². The van der Waals surface area contributed by atoms with Crippen LogP contribution in [0.1, 0.15) is 19.2 Å². The van der Waals surface area contributed by atoms with Crippen LogP contribution < -0.4 is 5.69 Å². The number of pyridine rings is 1. The second-order valence-electron chi connectivity index (χ2n) is 7.96. The monoisotopic (exact) mass is 413 g/mol. The quantitative estimate of drug-likeness (QED) is 0.545. The molecule has 5 rings (SSSR count). The molecule has 0 spiro atoms. The lowest BCUT2D eigenvalue weighted by Gasteiger charge is -2.39. The van der Waals surface area contributed by atoms with Gasteiger partial charge in [-0.1, -0.05) is 37.3 Å². The van der Waals surface area contributed by atoms with Crippen LogP contribution in [0.25, 0.3) is 27.7 Å². The maximum Gasteiger partial charge on any atom is 0.347 e. The lowest BCUT2D eigenvalue weighted by Crippen LogP contribution is -2.50. The van der Waals surface area contributed by atoms with Crippen LogP contribution in [-0.4, -0.2) is 43.6 Å². The van der Waals surface area contributed by atoms with Crippen molar-refractivity contribution in [1.82, 2.24) is 24.6 Å². The molecule has 0 unspecified atom stereocenters. The summed E-state index contributed by atoms with van der Waals surface area (Å²) in [4.78, 5) is 30.5. The molecule has 1 amide bonds. The Balaban J connectivity index is 1.37. The van der Waals surface area contributed by atoms with Crippen molar-refractivity contribution in [1.29, 1.82) is 0 Å². The molecule has 0 atom stereocenters. The molecule has 7 nitrogen and oxygen atoms in total. The van der Waals surface area contributed by atoms with Gasteiger partial charge < -0.3 is 4.90 Å². The van der Waals surface area contributed by atoms with Gasteiger partial charge in [0.05, 0.1) is 11.2 Å². The van der Waals surface area contributed by atoms with Crippen LogP contribution in [0, 0.1) is 5.92 Å². The molecule has 1 aliphatic rings. The summed E-state index contributed by atoms with van der Waals surface area (Å²) in [6.07, 6.45) is 2.98. The Morgan fingerprint density at radius 1 is 1.10 bits per heavy atom. The molecule has 156 valence electrons. The van der Waals surface area contributed by atoms with Crippen molar-refractivity contribution in [2.24, 2.45) is 5.92 Å². The third-order valence-electron chi connectivity index (χ3n) is 5.89. The fraction of sp³-hybridized carbons (Fsp3) is 0.250. The summed E-state index contributed by atoms with van der Waals surface area (Å²) in [6, 6.07) is 18.1. The van der Waals surface area contributed by atoms with E-state index >= 15 is 0 Å². The molecular formula is C24H23N5O2. The van der Waals surface area contributed by atoms with E-state index in [4.69, 9.17) is 0 Å². The second kappa shape index (κ2) is 7.83. The zero-order chi connectivity index (χ0) is 21.4. The highest BCUT2D eigenvalue weighted by molar-refractivity contribution is 5.84. The van der Waals surface area contributed by atoms with Gasteiger partial charge in [-0.2, -0.15) is 5.10 Å². The minimum atomic E-state index is -0.251. The molecule has 31 heavy (non-hydrogen) atoms. The largest absolute Gasteiger partial charge is 0.347 e. The normalized spacial score (nSPS) is 14.0. The van der Waals surface area contributed by atoms with Gasteiger partial charge in [0.1, 0.15) is 5.82 Å². The number of likely N-dealkylation sites (tertiary alicyclic amines) is 1. The SMILES string of the molecule is CCC(=O)N1CC(Cc2n[nH]c(=O)n2-c2ccc(-c3ccc4cccnc4c3)cc2)C1. The molecule has 2 aromatic carbocycles. The van der Waals surface area contributed by atoms with E-state index in [-0.39, 0.29) is 11.6 Å². The molecule has 1 N–H and O–H groups in total. The Hall–Kier alpha value is -3.74. The number of amides is 1. The highest BCUT2D eigenvalue weighted by Gasteiger charge is 2.31. The zero-order valence-corrected chi connectivity index (χ0v) is 17.3. The van der Waals surface area contributed by atoms with Crippen molar-refractivity contribution in [3.05, 3.63) is 77.1 Å². The van der Waals surface area contributed by atoms with Crippen LogP contribution >= 0.6 is 0 Å². The summed E-state index contributed by atoms with van der Waals surface area (Å²) in [7, 11) is 0. The third-order valence-corrected chi connectivity index (χ3v) is 5.89. The Bertz CT molecular complexity index is 1300. The van der Waals surface area contributed by atoms with Crippen molar-refractivity contribution in [2.75, 3.05) is 13.1 Å². The Labute approximate surface area is 179 Å². The van der Waals surface area contributed by atoms with E-state index in [0.29, 0.717) is 24.6 Å². The van der Waals surface area contributed by atoms with E-state index in [1.807, 2.05) is 48.2 Å². The fourth-order valence-corrected chi connectivity index (χ4v) is 4.17. The number of carbonyl (C=O) groups is 1. The second-order valence-corrected chi connectivity index (χ2v) is 7.96. The molecule has 0 saturated carbocycles. The van der Waals surface area contributed by atoms with Gasteiger partial charge in [0.25, 0.3) is 0 Å². The van der Waals surface area contributed by atoms with Crippen LogP contribution in [-0.2, 0) is 11.2 Å². The molecule has 1 saturated heterocycles. The molecule has 0 bridgehead atoms. The van der Waals surface area contributed by atoms with E-state index < -0.39 is 0 Å². The van der Waals surface area contributed by atoms with Crippen LogP contribution in [0.5, 0.6) is 0 Å². The van der Waals surface area contributed by atoms with Gasteiger partial charge in [0.15, 0.2) is 0 Å². The molecule has 0 radical (unpaired) electrons. The minimum Gasteiger partial charge on any atom is -0.342 e. The molecule has 1 fully saturated rings. The molecule has 4 aromatic rings. The van der Waals surface area contributed by atoms with Gasteiger partial charge in [-0.05, 0) is 35.4 Å². The lowest BCUT2D eigenvalue weighted by molar-refractivity contribution is -0.137. The number of aromatic amines is 1. The van der Waals surface area contributed by atoms with Gasteiger partial charge >= 0.3 is 5.69 Å². The summed E-state index contributed by atoms with van der Waals surface area (Å²) in [5.41, 5.74) is 3.61. The highest BCUT2D eigenvalue weighted by atomic mass is 16.2. The summed E-state index contributed by atoms with van der Waals surface area (Å²) < 4.78 is 1.62. The minimum absolute atomic E-state index is 0.176. The fourth-order valence-electron chi connectivity index (χ4n) is 4.17. The number of aromatic nitrogens is 4. The summed E-state index contributed by atoms with van der Waals surface area (Å²) >= 11 is 0. The predicted octanol–water partition coefficient (Wildman–Crippen LogP) is 3.19. The Morgan fingerprint density at radius 2 is 1.87 bits per heavy atom. The van der Waals surface area contributed by atoms with Crippen LogP contribution in [0.3, 0.4) is 0 Å². The first-order valence-electron chi connectivity index (χ1n) is 10.5. The average molecular weight is 413 g/mol. The molecule has 7 heteroatoms. The third kappa shape index (κ3) is 3.63. The first kappa shape index (κ1) is 19.2. The van der Waals surface area contributed by atoms with Crippen LogP contribution in [0.2, 0.25) is 0 Å². The molecule has 2 aromatic heterocycles. The topological polar surface area (TPSA) is 83.9 Å². The number of hydrogen-bond acceptors (Lipinski definition) is 4.